The number of piperidine rings is 1. The zero-order valence-corrected chi connectivity index (χ0v) is 13.5. The lowest BCUT2D eigenvalue weighted by atomic mass is 9.75. The zero-order chi connectivity index (χ0) is 15.4. The van der Waals surface area contributed by atoms with Crippen molar-refractivity contribution in [2.75, 3.05) is 19.6 Å². The summed E-state index contributed by atoms with van der Waals surface area (Å²) in [6.45, 7) is 2.64. The number of likely N-dealkylation sites (tertiary alicyclic amines) is 1. The van der Waals surface area contributed by atoms with Crippen molar-refractivity contribution < 1.29 is 14.5 Å². The van der Waals surface area contributed by atoms with Crippen LogP contribution in [0, 0.1) is 11.8 Å². The number of fused-ring (bicyclic) bond motifs is 1. The Kier molecular flexibility index (Phi) is 5.34. The van der Waals surface area contributed by atoms with E-state index in [1.807, 2.05) is 0 Å². The molecule has 3 atom stereocenters. The molecule has 1 aliphatic heterocycles. The molecule has 22 heavy (non-hydrogen) atoms. The minimum atomic E-state index is -0.302. The zero-order valence-electron chi connectivity index (χ0n) is 13.5. The van der Waals surface area contributed by atoms with Crippen molar-refractivity contribution in [1.82, 2.24) is 10.6 Å². The number of nitrogens with one attached hydrogen (secondary N) is 3. The highest BCUT2D eigenvalue weighted by Crippen LogP contribution is 2.32. The highest BCUT2D eigenvalue weighted by atomic mass is 16.2. The van der Waals surface area contributed by atoms with Crippen LogP contribution in [-0.4, -0.2) is 37.6 Å². The quantitative estimate of drug-likeness (QED) is 0.724. The van der Waals surface area contributed by atoms with Crippen molar-refractivity contribution in [2.45, 2.75) is 63.8 Å². The first-order valence-electron chi connectivity index (χ1n) is 9.14. The second-order valence-electron chi connectivity index (χ2n) is 7.48. The van der Waals surface area contributed by atoms with Crippen molar-refractivity contribution >= 4 is 11.9 Å². The molecule has 0 aromatic rings. The molecule has 1 saturated heterocycles. The van der Waals surface area contributed by atoms with E-state index in [0.717, 1.165) is 37.8 Å². The predicted molar refractivity (Wildman–Crippen MR) is 84.6 cm³/mol. The maximum atomic E-state index is 12.1. The van der Waals surface area contributed by atoms with Gasteiger partial charge in [-0.15, -0.1) is 0 Å². The average molecular weight is 308 g/mol. The topological polar surface area (TPSA) is 62.6 Å². The van der Waals surface area contributed by atoms with Gasteiger partial charge in [0, 0.05) is 12.0 Å². The molecule has 124 valence electrons. The van der Waals surface area contributed by atoms with Crippen molar-refractivity contribution in [1.29, 1.82) is 0 Å². The van der Waals surface area contributed by atoms with E-state index in [0.29, 0.717) is 6.54 Å². The Morgan fingerprint density at radius 1 is 0.909 bits per heavy atom. The van der Waals surface area contributed by atoms with Crippen LogP contribution in [-0.2, 0) is 4.79 Å². The van der Waals surface area contributed by atoms with E-state index in [1.54, 1.807) is 0 Å². The largest absolute Gasteiger partial charge is 0.335 e. The van der Waals surface area contributed by atoms with Crippen LogP contribution in [0.3, 0.4) is 0 Å². The van der Waals surface area contributed by atoms with Gasteiger partial charge in [0.25, 0.3) is 5.91 Å². The molecule has 1 unspecified atom stereocenters. The Bertz CT molecular complexity index is 407. The number of rotatable bonds is 3. The molecular weight excluding hydrogens is 278 g/mol. The summed E-state index contributed by atoms with van der Waals surface area (Å²) < 4.78 is 0. The van der Waals surface area contributed by atoms with Gasteiger partial charge in [-0.3, -0.25) is 10.1 Å². The predicted octanol–water partition coefficient (Wildman–Crippen LogP) is 0.850. The lowest BCUT2D eigenvalue weighted by Gasteiger charge is -2.38. The van der Waals surface area contributed by atoms with Crippen molar-refractivity contribution in [3.05, 3.63) is 0 Å². The molecule has 3 N–H and O–H groups in total. The van der Waals surface area contributed by atoms with E-state index in [2.05, 4.69) is 10.6 Å². The summed E-state index contributed by atoms with van der Waals surface area (Å²) >= 11 is 0. The van der Waals surface area contributed by atoms with Gasteiger partial charge in [0.1, 0.15) is 0 Å². The van der Waals surface area contributed by atoms with Gasteiger partial charge < -0.3 is 10.2 Å². The van der Waals surface area contributed by atoms with Gasteiger partial charge in [-0.05, 0) is 38.0 Å². The summed E-state index contributed by atoms with van der Waals surface area (Å²) in [6, 6.07) is -0.0398. The van der Waals surface area contributed by atoms with E-state index in [-0.39, 0.29) is 18.0 Å². The molecule has 3 amide bonds. The second kappa shape index (κ2) is 7.44. The first kappa shape index (κ1) is 15.8. The van der Waals surface area contributed by atoms with Crippen molar-refractivity contribution in [3.63, 3.8) is 0 Å². The van der Waals surface area contributed by atoms with Crippen molar-refractivity contribution in [2.24, 2.45) is 11.8 Å². The smallest absolute Gasteiger partial charge is 0.321 e. The van der Waals surface area contributed by atoms with Crippen LogP contribution in [0.15, 0.2) is 0 Å². The van der Waals surface area contributed by atoms with E-state index in [9.17, 15) is 9.59 Å². The van der Waals surface area contributed by atoms with Crippen LogP contribution in [0.2, 0.25) is 0 Å². The third-order valence-electron chi connectivity index (χ3n) is 5.84. The molecule has 3 aliphatic rings. The number of hydrogen-bond acceptors (Lipinski definition) is 2. The van der Waals surface area contributed by atoms with Crippen LogP contribution < -0.4 is 15.5 Å². The molecule has 3 fully saturated rings. The molecule has 0 aromatic heterocycles. The maximum Gasteiger partial charge on any atom is 0.321 e. The van der Waals surface area contributed by atoms with Crippen LogP contribution in [0.4, 0.5) is 4.79 Å². The number of amides is 3. The summed E-state index contributed by atoms with van der Waals surface area (Å²) in [5.41, 5.74) is 0. The van der Waals surface area contributed by atoms with Gasteiger partial charge >= 0.3 is 6.03 Å². The van der Waals surface area contributed by atoms with Crippen LogP contribution in [0.25, 0.3) is 0 Å². The second-order valence-corrected chi connectivity index (χ2v) is 7.48. The Labute approximate surface area is 133 Å². The normalized spacial score (nSPS) is 32.3. The van der Waals surface area contributed by atoms with Crippen LogP contribution in [0.5, 0.6) is 0 Å². The summed E-state index contributed by atoms with van der Waals surface area (Å²) in [7, 11) is 0. The fourth-order valence-electron chi connectivity index (χ4n) is 4.65. The Morgan fingerprint density at radius 3 is 2.36 bits per heavy atom. The maximum absolute atomic E-state index is 12.1. The first-order valence-corrected chi connectivity index (χ1v) is 9.14. The van der Waals surface area contributed by atoms with Gasteiger partial charge in [-0.1, -0.05) is 25.7 Å². The highest BCUT2D eigenvalue weighted by Gasteiger charge is 2.34. The van der Waals surface area contributed by atoms with Crippen LogP contribution >= 0.6 is 0 Å². The molecule has 3 rings (SSSR count). The lowest BCUT2D eigenvalue weighted by Crippen LogP contribution is -3.15. The van der Waals surface area contributed by atoms with E-state index < -0.39 is 0 Å². The highest BCUT2D eigenvalue weighted by molar-refractivity contribution is 5.94. The monoisotopic (exact) mass is 308 g/mol. The SMILES string of the molecule is O=C(C[NH+]1CC[C@@H]2CCCC[C@H]2C1)NC(=O)NC1CCCC1. The lowest BCUT2D eigenvalue weighted by molar-refractivity contribution is -0.902. The van der Waals surface area contributed by atoms with Gasteiger partial charge in [0.15, 0.2) is 6.54 Å². The number of quaternary nitrogens is 1. The number of carbonyl (C=O) groups is 2. The standard InChI is InChI=1S/C17H29N3O2/c21-16(19-17(22)18-15-7-3-4-8-15)12-20-10-9-13-5-1-2-6-14(13)11-20/h13-15H,1-12H2,(H2,18,19,21,22)/p+1/t13-,14-/m0/s1. The first-order chi connectivity index (χ1) is 10.7. The molecule has 2 aliphatic carbocycles. The summed E-state index contributed by atoms with van der Waals surface area (Å²) in [5.74, 6) is 1.57. The van der Waals surface area contributed by atoms with Crippen molar-refractivity contribution in [3.8, 4) is 0 Å². The fraction of sp³-hybridized carbons (Fsp3) is 0.882. The third kappa shape index (κ3) is 4.22. The van der Waals surface area contributed by atoms with Gasteiger partial charge in [0.05, 0.1) is 13.1 Å². The Hall–Kier alpha value is -1.10. The molecule has 0 aromatic carbocycles. The minimum Gasteiger partial charge on any atom is -0.335 e. The Balaban J connectivity index is 1.38. The number of hydrogen-bond donors (Lipinski definition) is 3. The van der Waals surface area contributed by atoms with Gasteiger partial charge in [0.2, 0.25) is 0 Å². The molecule has 2 saturated carbocycles. The summed E-state index contributed by atoms with van der Waals surface area (Å²) in [4.78, 5) is 25.2. The van der Waals surface area contributed by atoms with Crippen LogP contribution in [0.1, 0.15) is 57.8 Å². The van der Waals surface area contributed by atoms with Gasteiger partial charge in [-0.25, -0.2) is 4.79 Å². The molecule has 0 spiro atoms. The molecule has 0 radical (unpaired) electrons. The Morgan fingerprint density at radius 2 is 1.59 bits per heavy atom. The number of carbonyl (C=O) groups excluding carboxylic acids is 2. The fourth-order valence-corrected chi connectivity index (χ4v) is 4.65. The molecule has 1 heterocycles. The molecule has 5 heteroatoms. The minimum absolute atomic E-state index is 0.125. The number of imide groups is 1. The average Bonchev–Trinajstić information content (AvgIpc) is 2.99. The summed E-state index contributed by atoms with van der Waals surface area (Å²) in [6.07, 6.45) is 11.2. The summed E-state index contributed by atoms with van der Waals surface area (Å²) in [5, 5.41) is 5.43. The van der Waals surface area contributed by atoms with E-state index in [1.165, 1.54) is 49.8 Å². The van der Waals surface area contributed by atoms with E-state index in [4.69, 9.17) is 0 Å². The molecular formula is C17H30N3O2+. The third-order valence-corrected chi connectivity index (χ3v) is 5.84. The van der Waals surface area contributed by atoms with E-state index >= 15 is 0 Å². The molecule has 5 nitrogen and oxygen atoms in total. The van der Waals surface area contributed by atoms with Gasteiger partial charge in [-0.2, -0.15) is 0 Å². The molecule has 0 bridgehead atoms. The number of urea groups is 1.